The maximum atomic E-state index is 13.4. The third-order valence-corrected chi connectivity index (χ3v) is 3.18. The van der Waals surface area contributed by atoms with Gasteiger partial charge in [-0.25, -0.2) is 8.78 Å². The van der Waals surface area contributed by atoms with Crippen LogP contribution in [0.1, 0.15) is 42.9 Å². The van der Waals surface area contributed by atoms with Crippen molar-refractivity contribution in [1.82, 2.24) is 0 Å². The van der Waals surface area contributed by atoms with Crippen LogP contribution >= 0.6 is 0 Å². The maximum absolute atomic E-state index is 13.4. The van der Waals surface area contributed by atoms with Crippen molar-refractivity contribution in [3.63, 3.8) is 0 Å². The summed E-state index contributed by atoms with van der Waals surface area (Å²) in [7, 11) is 0. The highest BCUT2D eigenvalue weighted by atomic mass is 19.1. The second-order valence-electron chi connectivity index (χ2n) is 4.66. The van der Waals surface area contributed by atoms with Gasteiger partial charge in [-0.1, -0.05) is 12.8 Å². The van der Waals surface area contributed by atoms with Crippen LogP contribution in [0.2, 0.25) is 0 Å². The molecular formula is C13H16F2O. The molecule has 16 heavy (non-hydrogen) atoms. The van der Waals surface area contributed by atoms with Gasteiger partial charge < -0.3 is 5.11 Å². The van der Waals surface area contributed by atoms with Crippen molar-refractivity contribution in [3.05, 3.63) is 34.9 Å². The lowest BCUT2D eigenvalue weighted by Gasteiger charge is -2.12. The van der Waals surface area contributed by atoms with Crippen LogP contribution < -0.4 is 0 Å². The lowest BCUT2D eigenvalue weighted by Crippen LogP contribution is -2.03. The molecule has 1 nitrogen and oxygen atoms in total. The number of aliphatic hydroxyl groups is 1. The zero-order chi connectivity index (χ0) is 11.7. The van der Waals surface area contributed by atoms with Crippen LogP contribution in [0.25, 0.3) is 0 Å². The monoisotopic (exact) mass is 226 g/mol. The van der Waals surface area contributed by atoms with Gasteiger partial charge in [-0.05, 0) is 37.3 Å². The molecule has 1 aliphatic carbocycles. The quantitative estimate of drug-likeness (QED) is 0.833. The first kappa shape index (κ1) is 11.5. The molecule has 88 valence electrons. The molecule has 1 aromatic rings. The number of hydrogen-bond donors (Lipinski definition) is 1. The van der Waals surface area contributed by atoms with Gasteiger partial charge in [0.15, 0.2) is 0 Å². The number of hydrogen-bond acceptors (Lipinski definition) is 1. The van der Waals surface area contributed by atoms with Crippen LogP contribution in [-0.4, -0.2) is 5.11 Å². The Hall–Kier alpha value is -0.960. The van der Waals surface area contributed by atoms with E-state index < -0.39 is 17.7 Å². The molecule has 0 aliphatic heterocycles. The molecule has 1 aliphatic rings. The van der Waals surface area contributed by atoms with Gasteiger partial charge in [-0.3, -0.25) is 0 Å². The number of rotatable bonds is 4. The molecule has 0 aromatic heterocycles. The molecule has 0 spiro atoms. The van der Waals surface area contributed by atoms with E-state index in [9.17, 15) is 13.9 Å². The summed E-state index contributed by atoms with van der Waals surface area (Å²) in [6.07, 6.45) is 3.12. The SMILES string of the molecule is Cc1cc(C(O)CCC2CC2)c(F)cc1F. The molecule has 0 amide bonds. The molecule has 1 aromatic carbocycles. The highest BCUT2D eigenvalue weighted by Gasteiger charge is 2.23. The Morgan fingerprint density at radius 2 is 2.00 bits per heavy atom. The van der Waals surface area contributed by atoms with E-state index in [1.54, 1.807) is 6.92 Å². The largest absolute Gasteiger partial charge is 0.388 e. The summed E-state index contributed by atoms with van der Waals surface area (Å²) in [6, 6.07) is 2.26. The van der Waals surface area contributed by atoms with Gasteiger partial charge >= 0.3 is 0 Å². The Bertz CT molecular complexity index is 386. The minimum Gasteiger partial charge on any atom is -0.388 e. The zero-order valence-corrected chi connectivity index (χ0v) is 9.34. The molecular weight excluding hydrogens is 210 g/mol. The first-order valence-corrected chi connectivity index (χ1v) is 5.71. The molecule has 0 saturated heterocycles. The second-order valence-corrected chi connectivity index (χ2v) is 4.66. The Morgan fingerprint density at radius 3 is 2.62 bits per heavy atom. The first-order chi connectivity index (χ1) is 7.58. The fourth-order valence-electron chi connectivity index (χ4n) is 1.89. The van der Waals surface area contributed by atoms with Crippen molar-refractivity contribution in [2.24, 2.45) is 5.92 Å². The predicted octanol–water partition coefficient (Wildman–Crippen LogP) is 3.50. The van der Waals surface area contributed by atoms with Crippen molar-refractivity contribution in [1.29, 1.82) is 0 Å². The van der Waals surface area contributed by atoms with Crippen LogP contribution in [-0.2, 0) is 0 Å². The van der Waals surface area contributed by atoms with E-state index >= 15 is 0 Å². The van der Waals surface area contributed by atoms with Crippen LogP contribution in [0.5, 0.6) is 0 Å². The first-order valence-electron chi connectivity index (χ1n) is 5.71. The zero-order valence-electron chi connectivity index (χ0n) is 9.34. The Balaban J connectivity index is 2.08. The maximum Gasteiger partial charge on any atom is 0.131 e. The van der Waals surface area contributed by atoms with E-state index in [1.807, 2.05) is 0 Å². The van der Waals surface area contributed by atoms with Gasteiger partial charge in [0.2, 0.25) is 0 Å². The summed E-state index contributed by atoms with van der Waals surface area (Å²) in [5.74, 6) is -0.499. The Labute approximate surface area is 94.1 Å². The van der Waals surface area contributed by atoms with Crippen molar-refractivity contribution in [3.8, 4) is 0 Å². The van der Waals surface area contributed by atoms with Crippen LogP contribution in [0.15, 0.2) is 12.1 Å². The minimum absolute atomic E-state index is 0.222. The minimum atomic E-state index is -0.806. The lowest BCUT2D eigenvalue weighted by atomic mass is 10.0. The summed E-state index contributed by atoms with van der Waals surface area (Å²) < 4.78 is 26.4. The molecule has 1 fully saturated rings. The van der Waals surface area contributed by atoms with Crippen LogP contribution in [0, 0.1) is 24.5 Å². The summed E-state index contributed by atoms with van der Waals surface area (Å²) >= 11 is 0. The summed E-state index contributed by atoms with van der Waals surface area (Å²) in [5, 5.41) is 9.83. The Morgan fingerprint density at radius 1 is 1.31 bits per heavy atom. The molecule has 1 unspecified atom stereocenters. The summed E-state index contributed by atoms with van der Waals surface area (Å²) in [4.78, 5) is 0. The highest BCUT2D eigenvalue weighted by molar-refractivity contribution is 5.27. The molecule has 1 atom stereocenters. The van der Waals surface area contributed by atoms with Crippen molar-refractivity contribution >= 4 is 0 Å². The highest BCUT2D eigenvalue weighted by Crippen LogP contribution is 2.36. The van der Waals surface area contributed by atoms with Gasteiger partial charge in [0.25, 0.3) is 0 Å². The van der Waals surface area contributed by atoms with E-state index in [1.165, 1.54) is 18.9 Å². The van der Waals surface area contributed by atoms with E-state index in [-0.39, 0.29) is 5.56 Å². The fourth-order valence-corrected chi connectivity index (χ4v) is 1.89. The Kier molecular flexibility index (Phi) is 3.24. The molecule has 1 N–H and O–H groups in total. The number of aliphatic hydroxyl groups excluding tert-OH is 1. The van der Waals surface area contributed by atoms with Crippen molar-refractivity contribution in [2.75, 3.05) is 0 Å². The predicted molar refractivity (Wildman–Crippen MR) is 58.0 cm³/mol. The molecule has 0 radical (unpaired) electrons. The molecule has 1 saturated carbocycles. The standard InChI is InChI=1S/C13H16F2O/c1-8-6-10(12(15)7-11(8)14)13(16)5-4-9-2-3-9/h6-7,9,13,16H,2-5H2,1H3. The summed E-state index contributed by atoms with van der Waals surface area (Å²) in [5.41, 5.74) is 0.599. The van der Waals surface area contributed by atoms with E-state index in [4.69, 9.17) is 0 Å². The van der Waals surface area contributed by atoms with Gasteiger partial charge in [0, 0.05) is 11.6 Å². The van der Waals surface area contributed by atoms with Gasteiger partial charge in [-0.2, -0.15) is 0 Å². The van der Waals surface area contributed by atoms with E-state index in [0.29, 0.717) is 17.9 Å². The topological polar surface area (TPSA) is 20.2 Å². The van der Waals surface area contributed by atoms with Crippen molar-refractivity contribution in [2.45, 2.75) is 38.7 Å². The van der Waals surface area contributed by atoms with E-state index in [2.05, 4.69) is 0 Å². The second kappa shape index (κ2) is 4.50. The summed E-state index contributed by atoms with van der Waals surface area (Å²) in [6.45, 7) is 1.58. The van der Waals surface area contributed by atoms with E-state index in [0.717, 1.165) is 12.5 Å². The average molecular weight is 226 g/mol. The molecule has 2 rings (SSSR count). The van der Waals surface area contributed by atoms with Gasteiger partial charge in [0.1, 0.15) is 11.6 Å². The normalized spacial score (nSPS) is 17.5. The molecule has 0 bridgehead atoms. The van der Waals surface area contributed by atoms with Gasteiger partial charge in [0.05, 0.1) is 6.10 Å². The smallest absolute Gasteiger partial charge is 0.131 e. The van der Waals surface area contributed by atoms with Crippen LogP contribution in [0.4, 0.5) is 8.78 Å². The average Bonchev–Trinajstić information content (AvgIpc) is 3.03. The third-order valence-electron chi connectivity index (χ3n) is 3.18. The number of halogens is 2. The molecule has 0 heterocycles. The van der Waals surface area contributed by atoms with Crippen LogP contribution in [0.3, 0.4) is 0 Å². The lowest BCUT2D eigenvalue weighted by molar-refractivity contribution is 0.157. The fraction of sp³-hybridized carbons (Fsp3) is 0.538. The molecule has 3 heteroatoms. The van der Waals surface area contributed by atoms with Crippen molar-refractivity contribution < 1.29 is 13.9 Å². The van der Waals surface area contributed by atoms with Gasteiger partial charge in [-0.15, -0.1) is 0 Å². The number of aryl methyl sites for hydroxylation is 1. The third kappa shape index (κ3) is 2.59. The number of benzene rings is 1.